The molecule has 0 aliphatic carbocycles. The van der Waals surface area contributed by atoms with E-state index in [2.05, 4.69) is 28.2 Å². The molecule has 1 aromatic carbocycles. The molecule has 2 nitrogen and oxygen atoms in total. The highest BCUT2D eigenvalue weighted by atomic mass is 79.9. The van der Waals surface area contributed by atoms with Gasteiger partial charge in [0.05, 0.1) is 0 Å². The molecule has 3 heteroatoms. The van der Waals surface area contributed by atoms with Crippen LogP contribution in [-0.2, 0) is 4.79 Å². The summed E-state index contributed by atoms with van der Waals surface area (Å²) in [5.74, 6) is 0.181. The van der Waals surface area contributed by atoms with E-state index in [0.29, 0.717) is 0 Å². The van der Waals surface area contributed by atoms with Gasteiger partial charge in [0.1, 0.15) is 0 Å². The third-order valence-electron chi connectivity index (χ3n) is 2.62. The second-order valence-corrected chi connectivity index (χ2v) is 5.05. The Labute approximate surface area is 106 Å². The first-order chi connectivity index (χ1) is 7.54. The lowest BCUT2D eigenvalue weighted by Gasteiger charge is -2.13. The van der Waals surface area contributed by atoms with Crippen molar-refractivity contribution in [3.05, 3.63) is 28.2 Å². The summed E-state index contributed by atoms with van der Waals surface area (Å²) in [4.78, 5) is 11.8. The monoisotopic (exact) mass is 283 g/mol. The van der Waals surface area contributed by atoms with E-state index < -0.39 is 0 Å². The van der Waals surface area contributed by atoms with Crippen LogP contribution in [0, 0.1) is 12.8 Å². The number of halogens is 1. The molecule has 0 saturated carbocycles. The number of anilines is 1. The molecule has 0 bridgehead atoms. The van der Waals surface area contributed by atoms with Crippen LogP contribution in [0.5, 0.6) is 0 Å². The molecule has 0 spiro atoms. The first-order valence-electron chi connectivity index (χ1n) is 5.61. The zero-order valence-corrected chi connectivity index (χ0v) is 11.6. The van der Waals surface area contributed by atoms with Crippen LogP contribution in [-0.4, -0.2) is 5.91 Å². The van der Waals surface area contributed by atoms with Crippen LogP contribution in [0.4, 0.5) is 5.69 Å². The van der Waals surface area contributed by atoms with Crippen molar-refractivity contribution in [2.24, 2.45) is 5.92 Å². The van der Waals surface area contributed by atoms with Crippen molar-refractivity contribution in [2.45, 2.75) is 33.6 Å². The molecular formula is C13H18BrNO. The molecule has 1 rings (SSSR count). The summed E-state index contributed by atoms with van der Waals surface area (Å²) in [6.07, 6.45) is 1.97. The summed E-state index contributed by atoms with van der Waals surface area (Å²) in [7, 11) is 0. The summed E-state index contributed by atoms with van der Waals surface area (Å²) in [5.41, 5.74) is 1.97. The van der Waals surface area contributed by atoms with Gasteiger partial charge in [-0.05, 0) is 37.1 Å². The first kappa shape index (κ1) is 13.2. The van der Waals surface area contributed by atoms with E-state index in [0.717, 1.165) is 28.6 Å². The maximum absolute atomic E-state index is 11.8. The Morgan fingerprint density at radius 2 is 2.19 bits per heavy atom. The van der Waals surface area contributed by atoms with Crippen molar-refractivity contribution in [3.8, 4) is 0 Å². The molecule has 1 N–H and O–H groups in total. The van der Waals surface area contributed by atoms with Gasteiger partial charge in [-0.3, -0.25) is 4.79 Å². The second kappa shape index (κ2) is 6.04. The molecular weight excluding hydrogens is 266 g/mol. The van der Waals surface area contributed by atoms with E-state index in [4.69, 9.17) is 0 Å². The molecule has 0 heterocycles. The van der Waals surface area contributed by atoms with Crippen LogP contribution in [0.3, 0.4) is 0 Å². The Morgan fingerprint density at radius 1 is 1.50 bits per heavy atom. The van der Waals surface area contributed by atoms with Crippen molar-refractivity contribution in [2.75, 3.05) is 5.32 Å². The van der Waals surface area contributed by atoms with Crippen molar-refractivity contribution >= 4 is 27.5 Å². The number of rotatable bonds is 4. The van der Waals surface area contributed by atoms with Gasteiger partial charge in [-0.15, -0.1) is 0 Å². The number of benzene rings is 1. The fraction of sp³-hybridized carbons (Fsp3) is 0.462. The molecule has 0 unspecified atom stereocenters. The van der Waals surface area contributed by atoms with Crippen LogP contribution in [0.1, 0.15) is 32.3 Å². The lowest BCUT2D eigenvalue weighted by molar-refractivity contribution is -0.119. The number of hydrogen-bond acceptors (Lipinski definition) is 1. The van der Waals surface area contributed by atoms with Crippen LogP contribution >= 0.6 is 15.9 Å². The SMILES string of the molecule is CCC[C@@H](C)C(=O)Nc1ccc(Br)cc1C. The van der Waals surface area contributed by atoms with E-state index in [1.165, 1.54) is 0 Å². The Balaban J connectivity index is 2.69. The number of carbonyl (C=O) groups excluding carboxylic acids is 1. The van der Waals surface area contributed by atoms with E-state index in [1.54, 1.807) is 0 Å². The standard InChI is InChI=1S/C13H18BrNO/c1-4-5-9(2)13(16)15-12-7-6-11(14)8-10(12)3/h6-9H,4-5H2,1-3H3,(H,15,16)/t9-/m1/s1. The van der Waals surface area contributed by atoms with Crippen molar-refractivity contribution in [3.63, 3.8) is 0 Å². The smallest absolute Gasteiger partial charge is 0.227 e. The van der Waals surface area contributed by atoms with Crippen LogP contribution in [0.25, 0.3) is 0 Å². The van der Waals surface area contributed by atoms with Crippen LogP contribution < -0.4 is 5.32 Å². The van der Waals surface area contributed by atoms with E-state index in [-0.39, 0.29) is 11.8 Å². The van der Waals surface area contributed by atoms with Gasteiger partial charge in [0.15, 0.2) is 0 Å². The Hall–Kier alpha value is -0.830. The van der Waals surface area contributed by atoms with Gasteiger partial charge in [-0.1, -0.05) is 36.2 Å². The zero-order chi connectivity index (χ0) is 12.1. The van der Waals surface area contributed by atoms with E-state index in [9.17, 15) is 4.79 Å². The van der Waals surface area contributed by atoms with Crippen molar-refractivity contribution < 1.29 is 4.79 Å². The molecule has 0 saturated heterocycles. The summed E-state index contributed by atoms with van der Waals surface area (Å²) in [6, 6.07) is 5.86. The quantitative estimate of drug-likeness (QED) is 0.884. The van der Waals surface area contributed by atoms with E-state index >= 15 is 0 Å². The molecule has 88 valence electrons. The average molecular weight is 284 g/mol. The van der Waals surface area contributed by atoms with Gasteiger partial charge in [-0.2, -0.15) is 0 Å². The minimum Gasteiger partial charge on any atom is -0.326 e. The lowest BCUT2D eigenvalue weighted by atomic mass is 10.1. The first-order valence-corrected chi connectivity index (χ1v) is 6.41. The summed E-state index contributed by atoms with van der Waals surface area (Å²) >= 11 is 3.40. The van der Waals surface area contributed by atoms with Gasteiger partial charge < -0.3 is 5.32 Å². The van der Waals surface area contributed by atoms with Gasteiger partial charge in [0.25, 0.3) is 0 Å². The highest BCUT2D eigenvalue weighted by molar-refractivity contribution is 9.10. The minimum atomic E-state index is 0.0769. The van der Waals surface area contributed by atoms with Crippen molar-refractivity contribution in [1.82, 2.24) is 0 Å². The van der Waals surface area contributed by atoms with Crippen molar-refractivity contribution in [1.29, 1.82) is 0 Å². The van der Waals surface area contributed by atoms with Gasteiger partial charge >= 0.3 is 0 Å². The average Bonchev–Trinajstić information content (AvgIpc) is 2.22. The Kier molecular flexibility index (Phi) is 5.00. The third-order valence-corrected chi connectivity index (χ3v) is 3.11. The normalized spacial score (nSPS) is 12.2. The highest BCUT2D eigenvalue weighted by Gasteiger charge is 2.12. The highest BCUT2D eigenvalue weighted by Crippen LogP contribution is 2.21. The Morgan fingerprint density at radius 3 is 2.75 bits per heavy atom. The molecule has 1 aromatic rings. The number of hydrogen-bond donors (Lipinski definition) is 1. The predicted octanol–water partition coefficient (Wildman–Crippen LogP) is 4.13. The molecule has 16 heavy (non-hydrogen) atoms. The summed E-state index contributed by atoms with van der Waals surface area (Å²) in [6.45, 7) is 6.05. The number of carbonyl (C=O) groups is 1. The van der Waals surface area contributed by atoms with E-state index in [1.807, 2.05) is 32.0 Å². The maximum Gasteiger partial charge on any atom is 0.227 e. The number of amides is 1. The second-order valence-electron chi connectivity index (χ2n) is 4.14. The minimum absolute atomic E-state index is 0.0769. The molecule has 0 radical (unpaired) electrons. The molecule has 1 atom stereocenters. The summed E-state index contributed by atoms with van der Waals surface area (Å²) < 4.78 is 1.03. The van der Waals surface area contributed by atoms with Crippen LogP contribution in [0.2, 0.25) is 0 Å². The van der Waals surface area contributed by atoms with Gasteiger partial charge in [0, 0.05) is 16.1 Å². The molecule has 0 aromatic heterocycles. The summed E-state index contributed by atoms with van der Waals surface area (Å²) in [5, 5.41) is 2.96. The third kappa shape index (κ3) is 3.63. The number of nitrogens with one attached hydrogen (secondary N) is 1. The number of aryl methyl sites for hydroxylation is 1. The fourth-order valence-electron chi connectivity index (χ4n) is 1.59. The molecule has 0 aliphatic heterocycles. The zero-order valence-electron chi connectivity index (χ0n) is 10.0. The van der Waals surface area contributed by atoms with Gasteiger partial charge in [0.2, 0.25) is 5.91 Å². The largest absolute Gasteiger partial charge is 0.326 e. The Bertz CT molecular complexity index is 376. The van der Waals surface area contributed by atoms with Gasteiger partial charge in [-0.25, -0.2) is 0 Å². The lowest BCUT2D eigenvalue weighted by Crippen LogP contribution is -2.20. The molecule has 0 aliphatic rings. The fourth-order valence-corrected chi connectivity index (χ4v) is 2.06. The topological polar surface area (TPSA) is 29.1 Å². The van der Waals surface area contributed by atoms with Crippen LogP contribution in [0.15, 0.2) is 22.7 Å². The maximum atomic E-state index is 11.8. The molecule has 1 amide bonds. The predicted molar refractivity (Wildman–Crippen MR) is 71.6 cm³/mol. The molecule has 0 fully saturated rings.